The molecule has 0 bridgehead atoms. The van der Waals surface area contributed by atoms with Gasteiger partial charge < -0.3 is 19.1 Å². The van der Waals surface area contributed by atoms with Gasteiger partial charge >= 0.3 is 0 Å². The van der Waals surface area contributed by atoms with Crippen LogP contribution < -0.4 is 14.2 Å². The van der Waals surface area contributed by atoms with E-state index in [1.165, 1.54) is 22.5 Å². The lowest BCUT2D eigenvalue weighted by molar-refractivity contribution is -0.127. The second kappa shape index (κ2) is 14.3. The van der Waals surface area contributed by atoms with Crippen LogP contribution in [0.25, 0.3) is 6.08 Å². The van der Waals surface area contributed by atoms with Crippen molar-refractivity contribution in [2.24, 2.45) is 0 Å². The smallest absolute Gasteiger partial charge is 0.246 e. The molecular weight excluding hydrogens is 583 g/mol. The lowest BCUT2D eigenvalue weighted by Gasteiger charge is -2.34. The Bertz CT molecular complexity index is 1600. The highest BCUT2D eigenvalue weighted by Crippen LogP contribution is 2.32. The van der Waals surface area contributed by atoms with Crippen LogP contribution >= 0.6 is 0 Å². The van der Waals surface area contributed by atoms with Gasteiger partial charge in [0.2, 0.25) is 15.9 Å². The summed E-state index contributed by atoms with van der Waals surface area (Å²) in [5.74, 6) is 1.12. The van der Waals surface area contributed by atoms with Gasteiger partial charge in [-0.1, -0.05) is 6.07 Å². The quantitative estimate of drug-likeness (QED) is 0.199. The third-order valence-corrected chi connectivity index (χ3v) is 10.4. The molecule has 0 unspecified atom stereocenters. The van der Waals surface area contributed by atoms with Gasteiger partial charge in [-0.15, -0.1) is 0 Å². The van der Waals surface area contributed by atoms with Crippen molar-refractivity contribution in [3.63, 3.8) is 0 Å². The van der Waals surface area contributed by atoms with Crippen molar-refractivity contribution in [3.8, 4) is 17.2 Å². The second-order valence-electron chi connectivity index (χ2n) is 10.8. The van der Waals surface area contributed by atoms with Crippen LogP contribution in [0.4, 0.5) is 4.39 Å². The molecule has 3 aromatic carbocycles. The van der Waals surface area contributed by atoms with Crippen LogP contribution in [-0.4, -0.2) is 69.5 Å². The summed E-state index contributed by atoms with van der Waals surface area (Å²) in [7, 11) is -3.70. The highest BCUT2D eigenvalue weighted by Gasteiger charge is 2.33. The number of benzene rings is 3. The zero-order chi connectivity index (χ0) is 32.0. The van der Waals surface area contributed by atoms with Crippen molar-refractivity contribution < 1.29 is 31.8 Å². The van der Waals surface area contributed by atoms with E-state index in [2.05, 4.69) is 0 Å². The summed E-state index contributed by atoms with van der Waals surface area (Å²) in [4.78, 5) is 15.0. The average molecular weight is 625 g/mol. The fraction of sp³-hybridized carbons (Fsp3) is 0.382. The molecule has 0 N–H and O–H groups in total. The third-order valence-electron chi connectivity index (χ3n) is 8.19. The second-order valence-corrected chi connectivity index (χ2v) is 12.7. The molecule has 0 saturated carbocycles. The topological polar surface area (TPSA) is 85.4 Å². The summed E-state index contributed by atoms with van der Waals surface area (Å²) < 4.78 is 59.0. The van der Waals surface area contributed by atoms with Crippen molar-refractivity contribution in [2.45, 2.75) is 46.4 Å². The number of halogens is 1. The van der Waals surface area contributed by atoms with E-state index in [4.69, 9.17) is 14.2 Å². The minimum Gasteiger partial charge on any atom is -0.490 e. The summed E-state index contributed by atoms with van der Waals surface area (Å²) >= 11 is 0. The van der Waals surface area contributed by atoms with Crippen LogP contribution in [0.3, 0.4) is 0 Å². The van der Waals surface area contributed by atoms with Crippen LogP contribution in [0.5, 0.6) is 17.2 Å². The van der Waals surface area contributed by atoms with Gasteiger partial charge in [-0.05, 0) is 117 Å². The van der Waals surface area contributed by atoms with Crippen LogP contribution in [0.2, 0.25) is 0 Å². The van der Waals surface area contributed by atoms with Gasteiger partial charge in [-0.3, -0.25) is 4.79 Å². The zero-order valence-corrected chi connectivity index (χ0v) is 27.1. The van der Waals surface area contributed by atoms with Gasteiger partial charge in [-0.2, -0.15) is 4.31 Å². The maximum Gasteiger partial charge on any atom is 0.246 e. The highest BCUT2D eigenvalue weighted by molar-refractivity contribution is 7.89. The summed E-state index contributed by atoms with van der Waals surface area (Å²) in [6.45, 7) is 13.6. The minimum atomic E-state index is -3.70. The number of carbonyl (C=O) groups is 1. The molecule has 1 heterocycles. The Labute approximate surface area is 260 Å². The van der Waals surface area contributed by atoms with Gasteiger partial charge in [0.05, 0.1) is 11.5 Å². The van der Waals surface area contributed by atoms with Crippen LogP contribution in [0.15, 0.2) is 53.4 Å². The third kappa shape index (κ3) is 7.42. The number of carbonyl (C=O) groups excluding carboxylic acids is 1. The number of amides is 1. The Hall–Kier alpha value is -3.89. The fourth-order valence-corrected chi connectivity index (χ4v) is 7.24. The molecule has 8 nitrogen and oxygen atoms in total. The van der Waals surface area contributed by atoms with Gasteiger partial charge in [0, 0.05) is 32.3 Å². The predicted octanol–water partition coefficient (Wildman–Crippen LogP) is 5.77. The molecule has 1 amide bonds. The van der Waals surface area contributed by atoms with Crippen molar-refractivity contribution in [1.82, 2.24) is 9.21 Å². The maximum atomic E-state index is 13.7. The van der Waals surface area contributed by atoms with Gasteiger partial charge in [0.25, 0.3) is 0 Å². The molecule has 1 saturated heterocycles. The monoisotopic (exact) mass is 624 g/mol. The van der Waals surface area contributed by atoms with Crippen molar-refractivity contribution in [2.75, 3.05) is 46.0 Å². The first-order valence-electron chi connectivity index (χ1n) is 14.8. The van der Waals surface area contributed by atoms with Gasteiger partial charge in [-0.25, -0.2) is 12.8 Å². The molecule has 10 heteroatoms. The average Bonchev–Trinajstić information content (AvgIpc) is 3.01. The molecule has 0 spiro atoms. The van der Waals surface area contributed by atoms with Crippen molar-refractivity contribution in [1.29, 1.82) is 0 Å². The summed E-state index contributed by atoms with van der Waals surface area (Å²) in [6.07, 6.45) is 3.20. The van der Waals surface area contributed by atoms with Gasteiger partial charge in [0.15, 0.2) is 11.5 Å². The lowest BCUT2D eigenvalue weighted by Crippen LogP contribution is -2.50. The van der Waals surface area contributed by atoms with E-state index in [1.807, 2.05) is 47.6 Å². The highest BCUT2D eigenvalue weighted by atomic mass is 32.2. The first-order valence-corrected chi connectivity index (χ1v) is 16.2. The van der Waals surface area contributed by atoms with Gasteiger partial charge in [0.1, 0.15) is 24.8 Å². The Morgan fingerprint density at radius 3 is 2.00 bits per heavy atom. The minimum absolute atomic E-state index is 0.187. The van der Waals surface area contributed by atoms with Crippen molar-refractivity contribution in [3.05, 3.63) is 87.7 Å². The van der Waals surface area contributed by atoms with E-state index in [9.17, 15) is 17.6 Å². The van der Waals surface area contributed by atoms with E-state index in [0.29, 0.717) is 41.8 Å². The summed E-state index contributed by atoms with van der Waals surface area (Å²) in [5, 5.41) is 0. The number of hydrogen-bond donors (Lipinski definition) is 0. The number of hydrogen-bond acceptors (Lipinski definition) is 6. The number of rotatable bonds is 11. The Morgan fingerprint density at radius 1 is 0.795 bits per heavy atom. The largest absolute Gasteiger partial charge is 0.490 e. The molecule has 0 aromatic heterocycles. The maximum absolute atomic E-state index is 13.7. The molecule has 3 aromatic rings. The Morgan fingerprint density at radius 2 is 1.39 bits per heavy atom. The van der Waals surface area contributed by atoms with E-state index < -0.39 is 10.0 Å². The Kier molecular flexibility index (Phi) is 10.7. The normalized spacial score (nSPS) is 14.2. The van der Waals surface area contributed by atoms with E-state index in [0.717, 1.165) is 33.4 Å². The summed E-state index contributed by atoms with van der Waals surface area (Å²) in [6, 6.07) is 11.2. The molecule has 1 aliphatic rings. The molecular formula is C34H41FN2O6S. The molecule has 0 radical (unpaired) electrons. The number of sulfonamides is 1. The van der Waals surface area contributed by atoms with E-state index >= 15 is 0 Å². The first-order chi connectivity index (χ1) is 20.9. The van der Waals surface area contributed by atoms with Crippen LogP contribution in [0.1, 0.15) is 40.3 Å². The molecule has 1 aliphatic heterocycles. The zero-order valence-electron chi connectivity index (χ0n) is 26.3. The standard InChI is InChI=1S/C34H41FN2O6S/c1-7-41-32-22-28(8-14-31(32)43-21-20-42-30-12-10-29(35)11-13-30)9-15-33(38)36-16-18-37(19-17-36)44(39,40)34-26(5)24(3)23(2)25(4)27(34)6/h8-15,22H,7,16-21H2,1-6H3/b15-9+. The molecule has 236 valence electrons. The van der Waals surface area contributed by atoms with Crippen LogP contribution in [0, 0.1) is 40.4 Å². The lowest BCUT2D eigenvalue weighted by atomic mass is 9.95. The van der Waals surface area contributed by atoms with Crippen LogP contribution in [-0.2, 0) is 14.8 Å². The SMILES string of the molecule is CCOc1cc(/C=C/C(=O)N2CCN(S(=O)(=O)c3c(C)c(C)c(C)c(C)c3C)CC2)ccc1OCCOc1ccc(F)cc1. The van der Waals surface area contributed by atoms with E-state index in [1.54, 1.807) is 35.2 Å². The Balaban J connectivity index is 1.35. The molecule has 44 heavy (non-hydrogen) atoms. The molecule has 1 fully saturated rings. The molecule has 0 atom stereocenters. The number of nitrogens with zero attached hydrogens (tertiary/aromatic N) is 2. The van der Waals surface area contributed by atoms with Crippen molar-refractivity contribution >= 4 is 22.0 Å². The first kappa shape index (κ1) is 33.0. The van der Waals surface area contributed by atoms with E-state index in [-0.39, 0.29) is 38.0 Å². The number of piperazine rings is 1. The molecule has 0 aliphatic carbocycles. The number of ether oxygens (including phenoxy) is 3. The fourth-order valence-electron chi connectivity index (χ4n) is 5.26. The summed E-state index contributed by atoms with van der Waals surface area (Å²) in [5.41, 5.74) is 5.43. The molecule has 4 rings (SSSR count). The predicted molar refractivity (Wildman–Crippen MR) is 170 cm³/mol.